The van der Waals surface area contributed by atoms with Crippen molar-refractivity contribution in [1.82, 2.24) is 0 Å². The maximum absolute atomic E-state index is 9.99. The second-order valence-electron chi connectivity index (χ2n) is 4.52. The second-order valence-corrected chi connectivity index (χ2v) is 4.52. The Morgan fingerprint density at radius 3 is 2.38 bits per heavy atom. The van der Waals surface area contributed by atoms with E-state index in [2.05, 4.69) is 27.4 Å². The van der Waals surface area contributed by atoms with Gasteiger partial charge >= 0.3 is 0 Å². The zero-order valence-corrected chi connectivity index (χ0v) is 15.2. The summed E-state index contributed by atoms with van der Waals surface area (Å²) in [6, 6.07) is 0. The Morgan fingerprint density at radius 1 is 1.50 bits per heavy atom. The van der Waals surface area contributed by atoms with Crippen molar-refractivity contribution in [3.05, 3.63) is 12.2 Å². The Hall–Kier alpha value is 0.328. The predicted octanol–water partition coefficient (Wildman–Crippen LogP) is 3.29. The van der Waals surface area contributed by atoms with E-state index in [1.807, 2.05) is 6.92 Å². The van der Waals surface area contributed by atoms with Crippen LogP contribution in [0.2, 0.25) is 0 Å². The first kappa shape index (κ1) is 21.6. The molecule has 2 atom stereocenters. The van der Waals surface area contributed by atoms with Crippen LogP contribution in [-0.4, -0.2) is 12.6 Å². The maximum Gasteiger partial charge on any atom is 0.0787 e. The predicted molar refractivity (Wildman–Crippen MR) is 69.8 cm³/mol. The zero-order chi connectivity index (χ0) is 11.2. The fraction of sp³-hybridized carbons (Fsp3) is 0.750. The van der Waals surface area contributed by atoms with Crippen molar-refractivity contribution in [2.45, 2.75) is 53.1 Å². The first-order valence-electron chi connectivity index (χ1n) is 5.13. The summed E-state index contributed by atoms with van der Waals surface area (Å²) in [6.07, 6.45) is 2.92. The van der Waals surface area contributed by atoms with Gasteiger partial charge in [0.1, 0.15) is 0 Å². The summed E-state index contributed by atoms with van der Waals surface area (Å²) >= 11 is 0. The van der Waals surface area contributed by atoms with Crippen molar-refractivity contribution < 1.29 is 30.6 Å². The number of carbonyl (C=O) groups excluding carboxylic acids is 1. The molecule has 2 unspecified atom stereocenters. The van der Waals surface area contributed by atoms with Gasteiger partial charge in [-0.05, 0) is 30.8 Å². The van der Waals surface area contributed by atoms with Gasteiger partial charge in [-0.25, -0.2) is 0 Å². The van der Waals surface area contributed by atoms with Crippen LogP contribution in [0.4, 0.5) is 0 Å². The molecule has 0 aromatic heterocycles. The number of ether oxygens (including phenoxy) is 1. The third-order valence-corrected chi connectivity index (χ3v) is 2.88. The Balaban J connectivity index is -0.000000845. The first-order valence-corrected chi connectivity index (χ1v) is 5.13. The summed E-state index contributed by atoms with van der Waals surface area (Å²) in [4.78, 5) is 9.99. The van der Waals surface area contributed by atoms with Gasteiger partial charge < -0.3 is 9.53 Å². The van der Waals surface area contributed by atoms with Crippen LogP contribution in [0, 0.1) is 5.41 Å². The SMILES string of the molecule is C=C(CCC(C)(C)CC)C(C)O[C-]=O.P.[W]. The van der Waals surface area contributed by atoms with E-state index in [4.69, 9.17) is 4.74 Å². The van der Waals surface area contributed by atoms with Crippen LogP contribution >= 0.6 is 9.90 Å². The van der Waals surface area contributed by atoms with Crippen LogP contribution in [0.15, 0.2) is 12.2 Å². The van der Waals surface area contributed by atoms with E-state index in [0.29, 0.717) is 5.41 Å². The third-order valence-electron chi connectivity index (χ3n) is 2.88. The van der Waals surface area contributed by atoms with Gasteiger partial charge in [-0.1, -0.05) is 40.2 Å². The van der Waals surface area contributed by atoms with Crippen LogP contribution in [0.1, 0.15) is 47.0 Å². The molecule has 0 saturated carbocycles. The minimum Gasteiger partial charge on any atom is -0.648 e. The molecular formula is C12H24O2PW-. The summed E-state index contributed by atoms with van der Waals surface area (Å²) < 4.78 is 4.70. The van der Waals surface area contributed by atoms with Crippen LogP contribution in [0.25, 0.3) is 0 Å². The molecule has 0 rings (SSSR count). The molecule has 0 spiro atoms. The average molecular weight is 415 g/mol. The van der Waals surface area contributed by atoms with Gasteiger partial charge in [-0.2, -0.15) is 9.90 Å². The van der Waals surface area contributed by atoms with Gasteiger partial charge in [0, 0.05) is 21.1 Å². The molecule has 96 valence electrons. The average Bonchev–Trinajstić information content (AvgIpc) is 2.15. The largest absolute Gasteiger partial charge is 0.648 e. The molecule has 0 aromatic rings. The van der Waals surface area contributed by atoms with E-state index >= 15 is 0 Å². The van der Waals surface area contributed by atoms with Gasteiger partial charge in [0.15, 0.2) is 0 Å². The molecule has 0 N–H and O–H groups in total. The molecule has 0 aliphatic rings. The molecule has 0 bridgehead atoms. The van der Waals surface area contributed by atoms with Crippen molar-refractivity contribution in [1.29, 1.82) is 0 Å². The normalized spacial score (nSPS) is 11.8. The van der Waals surface area contributed by atoms with Crippen LogP contribution in [0.5, 0.6) is 0 Å². The first-order chi connectivity index (χ1) is 6.43. The van der Waals surface area contributed by atoms with Gasteiger partial charge in [-0.3, -0.25) is 0 Å². The summed E-state index contributed by atoms with van der Waals surface area (Å²) in [5.74, 6) is 0. The number of hydrogen-bond acceptors (Lipinski definition) is 2. The van der Waals surface area contributed by atoms with Gasteiger partial charge in [0.2, 0.25) is 0 Å². The molecule has 4 heteroatoms. The maximum atomic E-state index is 9.99. The molecule has 0 radical (unpaired) electrons. The summed E-state index contributed by atoms with van der Waals surface area (Å²) in [7, 11) is 0. The zero-order valence-electron chi connectivity index (χ0n) is 10.8. The molecule has 0 amide bonds. The quantitative estimate of drug-likeness (QED) is 0.363. The monoisotopic (exact) mass is 415 g/mol. The molecule has 0 aliphatic heterocycles. The number of rotatable bonds is 7. The molecule has 2 nitrogen and oxygen atoms in total. The van der Waals surface area contributed by atoms with E-state index in [-0.39, 0.29) is 37.1 Å². The van der Waals surface area contributed by atoms with Gasteiger partial charge in [0.25, 0.3) is 0 Å². The van der Waals surface area contributed by atoms with Crippen molar-refractivity contribution in [2.24, 2.45) is 5.41 Å². The number of hydrogen-bond donors (Lipinski definition) is 0. The topological polar surface area (TPSA) is 26.3 Å². The molecule has 16 heavy (non-hydrogen) atoms. The summed E-state index contributed by atoms with van der Waals surface area (Å²) in [5, 5.41) is 0. The van der Waals surface area contributed by atoms with E-state index in [1.165, 1.54) is 6.47 Å². The Labute approximate surface area is 117 Å². The van der Waals surface area contributed by atoms with E-state index < -0.39 is 0 Å². The molecule has 0 aliphatic carbocycles. The minimum atomic E-state index is -0.208. The van der Waals surface area contributed by atoms with Crippen molar-refractivity contribution >= 4 is 16.4 Å². The van der Waals surface area contributed by atoms with Crippen LogP contribution in [-0.2, 0) is 30.6 Å². The van der Waals surface area contributed by atoms with E-state index in [1.54, 1.807) is 0 Å². The summed E-state index contributed by atoms with van der Waals surface area (Å²) in [5.41, 5.74) is 1.31. The molecule has 0 heterocycles. The Morgan fingerprint density at radius 2 is 2.00 bits per heavy atom. The Kier molecular flexibility index (Phi) is 14.1. The third kappa shape index (κ3) is 9.55. The van der Waals surface area contributed by atoms with Crippen molar-refractivity contribution in [3.63, 3.8) is 0 Å². The fourth-order valence-electron chi connectivity index (χ4n) is 1.03. The smallest absolute Gasteiger partial charge is 0.0787 e. The molecule has 0 fully saturated rings. The molecule has 0 aromatic carbocycles. The van der Waals surface area contributed by atoms with Gasteiger partial charge in [-0.15, -0.1) is 0 Å². The second kappa shape index (κ2) is 10.5. The van der Waals surface area contributed by atoms with E-state index in [9.17, 15) is 4.79 Å². The van der Waals surface area contributed by atoms with Gasteiger partial charge in [0.05, 0.1) is 6.10 Å². The van der Waals surface area contributed by atoms with Crippen molar-refractivity contribution in [2.75, 3.05) is 0 Å². The molecular weight excluding hydrogens is 391 g/mol. The molecule has 0 saturated heterocycles. The standard InChI is InChI=1S/C12H21O2.H3P.W/c1-6-12(4,5)8-7-10(2)11(3)14-9-13;;/h11H,2,6-8H2,1,3-5H3;1H3;/q-1;;. The van der Waals surface area contributed by atoms with Crippen LogP contribution < -0.4 is 0 Å². The minimum absolute atomic E-state index is 0. The fourth-order valence-corrected chi connectivity index (χ4v) is 1.03. The van der Waals surface area contributed by atoms with E-state index in [0.717, 1.165) is 24.8 Å². The Bertz CT molecular complexity index is 205. The van der Waals surface area contributed by atoms with Crippen LogP contribution in [0.3, 0.4) is 0 Å². The summed E-state index contributed by atoms with van der Waals surface area (Å²) in [6.45, 7) is 13.8. The van der Waals surface area contributed by atoms with Crippen molar-refractivity contribution in [3.8, 4) is 0 Å².